The van der Waals surface area contributed by atoms with Gasteiger partial charge in [-0.25, -0.2) is 0 Å². The summed E-state index contributed by atoms with van der Waals surface area (Å²) >= 11 is 0. The van der Waals surface area contributed by atoms with E-state index in [1.807, 2.05) is 0 Å². The quantitative estimate of drug-likeness (QED) is 0.278. The van der Waals surface area contributed by atoms with Crippen molar-refractivity contribution in [2.75, 3.05) is 6.54 Å². The summed E-state index contributed by atoms with van der Waals surface area (Å²) in [5.41, 5.74) is 13.5. The van der Waals surface area contributed by atoms with Gasteiger partial charge >= 0.3 is 0 Å². The Kier molecular flexibility index (Phi) is 13.2. The van der Waals surface area contributed by atoms with Crippen molar-refractivity contribution in [1.82, 2.24) is 0 Å². The van der Waals surface area contributed by atoms with E-state index >= 15 is 0 Å². The second kappa shape index (κ2) is 13.2. The number of hydrogen-bond donors (Lipinski definition) is 2. The van der Waals surface area contributed by atoms with Gasteiger partial charge in [0.1, 0.15) is 0 Å². The molecule has 0 heterocycles. The van der Waals surface area contributed by atoms with Crippen molar-refractivity contribution >= 4 is 0 Å². The zero-order chi connectivity index (χ0) is 21.1. The van der Waals surface area contributed by atoms with Crippen LogP contribution in [0.1, 0.15) is 120 Å². The summed E-state index contributed by atoms with van der Waals surface area (Å²) in [6, 6.07) is 0. The number of nitrogens with two attached hydrogens (primary N) is 2. The average Bonchev–Trinajstić information content (AvgIpc) is 2.65. The molecule has 2 nitrogen and oxygen atoms in total. The summed E-state index contributed by atoms with van der Waals surface area (Å²) in [6.45, 7) is 19.7. The molecule has 0 bridgehead atoms. The Morgan fingerprint density at radius 2 is 1.37 bits per heavy atom. The summed E-state index contributed by atoms with van der Waals surface area (Å²) in [6.07, 6.45) is 12.4. The van der Waals surface area contributed by atoms with Crippen LogP contribution >= 0.6 is 0 Å². The number of rotatable bonds is 16. The van der Waals surface area contributed by atoms with E-state index in [4.69, 9.17) is 11.5 Å². The number of unbranched alkanes of at least 4 members (excludes halogenated alkanes) is 2. The lowest BCUT2D eigenvalue weighted by molar-refractivity contribution is 0.0154. The van der Waals surface area contributed by atoms with Crippen LogP contribution < -0.4 is 11.5 Å². The molecule has 0 aromatic carbocycles. The lowest BCUT2D eigenvalue weighted by atomic mass is 9.56. The molecule has 0 radical (unpaired) electrons. The molecule has 2 heteroatoms. The summed E-state index contributed by atoms with van der Waals surface area (Å²) < 4.78 is 0. The third-order valence-corrected chi connectivity index (χ3v) is 7.95. The molecular formula is C25H54N2. The highest BCUT2D eigenvalue weighted by atomic mass is 14.8. The van der Waals surface area contributed by atoms with Crippen molar-refractivity contribution < 1.29 is 0 Å². The molecule has 0 aliphatic carbocycles. The molecule has 27 heavy (non-hydrogen) atoms. The van der Waals surface area contributed by atoms with E-state index in [1.165, 1.54) is 38.5 Å². The Morgan fingerprint density at radius 1 is 0.778 bits per heavy atom. The molecule has 0 amide bonds. The largest absolute Gasteiger partial charge is 0.330 e. The van der Waals surface area contributed by atoms with Crippen molar-refractivity contribution in [2.45, 2.75) is 125 Å². The molecule has 4 N–H and O–H groups in total. The van der Waals surface area contributed by atoms with E-state index < -0.39 is 0 Å². The fraction of sp³-hybridized carbons (Fsp3) is 1.00. The topological polar surface area (TPSA) is 52.0 Å². The second-order valence-electron chi connectivity index (χ2n) is 9.88. The maximum absolute atomic E-state index is 7.34. The molecular weight excluding hydrogens is 328 g/mol. The SMILES string of the molecule is CCCCCC(C)[C@@H](C)C(CCC)[C@@H](C)C(N)(CCC)C(C)(CN)CCC. The fourth-order valence-electron chi connectivity index (χ4n) is 5.65. The molecule has 0 rings (SSSR count). The first-order valence-electron chi connectivity index (χ1n) is 12.2. The van der Waals surface area contributed by atoms with Crippen LogP contribution in [0.25, 0.3) is 0 Å². The third-order valence-electron chi connectivity index (χ3n) is 7.95. The predicted molar refractivity (Wildman–Crippen MR) is 124 cm³/mol. The Balaban J connectivity index is 5.66. The fourth-order valence-corrected chi connectivity index (χ4v) is 5.65. The Morgan fingerprint density at radius 3 is 1.81 bits per heavy atom. The lowest BCUT2D eigenvalue weighted by Crippen LogP contribution is -2.63. The van der Waals surface area contributed by atoms with Gasteiger partial charge in [0.25, 0.3) is 0 Å². The van der Waals surface area contributed by atoms with Gasteiger partial charge in [0.15, 0.2) is 0 Å². The summed E-state index contributed by atoms with van der Waals surface area (Å²) in [4.78, 5) is 0. The van der Waals surface area contributed by atoms with Crippen LogP contribution in [0.4, 0.5) is 0 Å². The molecule has 164 valence electrons. The highest BCUT2D eigenvalue weighted by Crippen LogP contribution is 2.47. The Bertz CT molecular complexity index is 369. The molecule has 0 aliphatic heterocycles. The van der Waals surface area contributed by atoms with Crippen LogP contribution in [0.2, 0.25) is 0 Å². The van der Waals surface area contributed by atoms with Crippen molar-refractivity contribution in [1.29, 1.82) is 0 Å². The monoisotopic (exact) mass is 382 g/mol. The van der Waals surface area contributed by atoms with Crippen molar-refractivity contribution in [3.8, 4) is 0 Å². The summed E-state index contributed by atoms with van der Waals surface area (Å²) in [5, 5.41) is 0. The van der Waals surface area contributed by atoms with Gasteiger partial charge < -0.3 is 11.5 Å². The average molecular weight is 383 g/mol. The van der Waals surface area contributed by atoms with E-state index in [0.29, 0.717) is 18.4 Å². The first-order chi connectivity index (χ1) is 12.7. The number of hydrogen-bond acceptors (Lipinski definition) is 2. The van der Waals surface area contributed by atoms with Crippen molar-refractivity contribution in [3.05, 3.63) is 0 Å². The summed E-state index contributed by atoms with van der Waals surface area (Å²) in [5.74, 6) is 2.68. The minimum absolute atomic E-state index is 0.0222. The van der Waals surface area contributed by atoms with Crippen LogP contribution in [-0.2, 0) is 0 Å². The molecule has 0 saturated carbocycles. The Labute approximate surface area is 172 Å². The van der Waals surface area contributed by atoms with E-state index in [0.717, 1.165) is 37.5 Å². The van der Waals surface area contributed by atoms with Crippen LogP contribution in [0.15, 0.2) is 0 Å². The lowest BCUT2D eigenvalue weighted by Gasteiger charge is -2.53. The van der Waals surface area contributed by atoms with E-state index in [2.05, 4.69) is 55.4 Å². The third kappa shape index (κ3) is 7.03. The zero-order valence-electron chi connectivity index (χ0n) is 20.2. The van der Waals surface area contributed by atoms with Crippen LogP contribution in [0.3, 0.4) is 0 Å². The standard InChI is InChI=1S/C25H54N2/c1-9-13-14-16-20(5)21(6)23(15-10-2)22(7)25(27,18-12-4)24(8,19-26)17-11-3/h20-23H,9-19,26-27H2,1-8H3/t20?,21-,22-,23?,24?,25?/m1/s1. The van der Waals surface area contributed by atoms with Gasteiger partial charge in [-0.05, 0) is 48.5 Å². The smallest absolute Gasteiger partial charge is 0.0249 e. The van der Waals surface area contributed by atoms with Gasteiger partial charge in [0.2, 0.25) is 0 Å². The van der Waals surface area contributed by atoms with Gasteiger partial charge in [-0.3, -0.25) is 0 Å². The first-order valence-corrected chi connectivity index (χ1v) is 12.2. The summed E-state index contributed by atoms with van der Waals surface area (Å²) in [7, 11) is 0. The van der Waals surface area contributed by atoms with Crippen LogP contribution in [0.5, 0.6) is 0 Å². The van der Waals surface area contributed by atoms with Gasteiger partial charge in [0, 0.05) is 5.54 Å². The second-order valence-corrected chi connectivity index (χ2v) is 9.88. The molecule has 0 fully saturated rings. The van der Waals surface area contributed by atoms with Crippen LogP contribution in [-0.4, -0.2) is 12.1 Å². The van der Waals surface area contributed by atoms with E-state index in [9.17, 15) is 0 Å². The predicted octanol–water partition coefficient (Wildman–Crippen LogP) is 7.15. The first kappa shape index (κ1) is 26.9. The maximum Gasteiger partial charge on any atom is 0.0249 e. The maximum atomic E-state index is 7.34. The van der Waals surface area contributed by atoms with Crippen molar-refractivity contribution in [2.24, 2.45) is 40.6 Å². The molecule has 0 aromatic heterocycles. The highest BCUT2D eigenvalue weighted by molar-refractivity contribution is 5.05. The highest BCUT2D eigenvalue weighted by Gasteiger charge is 2.49. The van der Waals surface area contributed by atoms with Crippen molar-refractivity contribution in [3.63, 3.8) is 0 Å². The zero-order valence-corrected chi connectivity index (χ0v) is 20.2. The van der Waals surface area contributed by atoms with Gasteiger partial charge in [-0.2, -0.15) is 0 Å². The minimum Gasteiger partial charge on any atom is -0.330 e. The molecule has 0 aromatic rings. The minimum atomic E-state index is -0.177. The van der Waals surface area contributed by atoms with Crippen LogP contribution in [0, 0.1) is 29.1 Å². The van der Waals surface area contributed by atoms with E-state index in [-0.39, 0.29) is 11.0 Å². The van der Waals surface area contributed by atoms with E-state index in [1.54, 1.807) is 0 Å². The molecule has 0 saturated heterocycles. The molecule has 4 unspecified atom stereocenters. The van der Waals surface area contributed by atoms with Gasteiger partial charge in [-0.1, -0.05) is 107 Å². The Hall–Kier alpha value is -0.0800. The van der Waals surface area contributed by atoms with Gasteiger partial charge in [-0.15, -0.1) is 0 Å². The molecule has 0 spiro atoms. The van der Waals surface area contributed by atoms with Gasteiger partial charge in [0.05, 0.1) is 0 Å². The normalized spacial score (nSPS) is 21.1. The molecule has 6 atom stereocenters. The molecule has 0 aliphatic rings.